The smallest absolute Gasteiger partial charge is 0.258 e. The number of fused-ring (bicyclic) bond motifs is 5. The van der Waals surface area contributed by atoms with Crippen molar-refractivity contribution in [1.82, 2.24) is 24.3 Å². The van der Waals surface area contributed by atoms with E-state index in [0.29, 0.717) is 28.7 Å². The maximum atomic E-state index is 13.4. The fraction of sp³-hybridized carbons (Fsp3) is 0.458. The summed E-state index contributed by atoms with van der Waals surface area (Å²) in [5, 5.41) is 0.464. The average molecular weight is 490 g/mol. The van der Waals surface area contributed by atoms with Crippen LogP contribution in [0.3, 0.4) is 0 Å². The van der Waals surface area contributed by atoms with E-state index in [1.54, 1.807) is 18.6 Å². The van der Waals surface area contributed by atoms with Gasteiger partial charge in [-0.15, -0.1) is 12.4 Å². The number of nitrogens with zero attached hydrogens (tertiary/aromatic N) is 5. The molecule has 1 aromatic carbocycles. The summed E-state index contributed by atoms with van der Waals surface area (Å²) in [6.07, 6.45) is 7.59. The van der Waals surface area contributed by atoms with Crippen LogP contribution in [-0.2, 0) is 6.54 Å². The van der Waals surface area contributed by atoms with Gasteiger partial charge in [0, 0.05) is 6.54 Å². The Balaban J connectivity index is 0.00000259. The molecule has 0 aliphatic carbocycles. The van der Waals surface area contributed by atoms with Crippen LogP contribution in [0.1, 0.15) is 67.4 Å². The van der Waals surface area contributed by atoms with E-state index in [1.165, 1.54) is 0 Å². The molecule has 0 N–H and O–H groups in total. The molecular formula is C24H29Cl2N5O2. The highest BCUT2D eigenvalue weighted by Crippen LogP contribution is 2.43. The lowest BCUT2D eigenvalue weighted by Crippen LogP contribution is -2.29. The Morgan fingerprint density at radius 1 is 1.21 bits per heavy atom. The first-order valence-electron chi connectivity index (χ1n) is 11.5. The number of hydrogen-bond donors (Lipinski definition) is 0. The van der Waals surface area contributed by atoms with Gasteiger partial charge in [0.05, 0.1) is 40.8 Å². The topological polar surface area (TPSA) is 67.4 Å². The van der Waals surface area contributed by atoms with Crippen molar-refractivity contribution in [2.45, 2.75) is 52.1 Å². The number of carbonyl (C=O) groups excluding carboxylic acids is 1. The van der Waals surface area contributed by atoms with E-state index in [2.05, 4.69) is 23.7 Å². The van der Waals surface area contributed by atoms with Crippen molar-refractivity contribution in [2.24, 2.45) is 0 Å². The van der Waals surface area contributed by atoms with E-state index in [0.717, 1.165) is 62.5 Å². The normalized spacial score (nSPS) is 16.9. The van der Waals surface area contributed by atoms with E-state index in [9.17, 15) is 4.79 Å². The molecule has 1 atom stereocenters. The molecule has 0 spiro atoms. The Kier molecular flexibility index (Phi) is 7.12. The molecule has 2 aromatic heterocycles. The van der Waals surface area contributed by atoms with Gasteiger partial charge in [-0.05, 0) is 50.9 Å². The molecule has 3 aromatic rings. The van der Waals surface area contributed by atoms with E-state index < -0.39 is 0 Å². The summed E-state index contributed by atoms with van der Waals surface area (Å²) in [6, 6.07) is 5.49. The van der Waals surface area contributed by atoms with E-state index >= 15 is 0 Å². The lowest BCUT2D eigenvalue weighted by Gasteiger charge is -2.22. The first kappa shape index (κ1) is 23.8. The van der Waals surface area contributed by atoms with Crippen LogP contribution in [0.4, 0.5) is 0 Å². The lowest BCUT2D eigenvalue weighted by molar-refractivity contribution is 0.0739. The van der Waals surface area contributed by atoms with Crippen LogP contribution >= 0.6 is 24.0 Å². The highest BCUT2D eigenvalue weighted by Gasteiger charge is 2.40. The van der Waals surface area contributed by atoms with Crippen LogP contribution < -0.4 is 0 Å². The fourth-order valence-electron chi connectivity index (χ4n) is 5.01. The van der Waals surface area contributed by atoms with Gasteiger partial charge in [0.25, 0.3) is 5.91 Å². The molecule has 9 heteroatoms. The lowest BCUT2D eigenvalue weighted by atomic mass is 10.1. The van der Waals surface area contributed by atoms with Crippen molar-refractivity contribution in [3.63, 3.8) is 0 Å². The SMILES string of the molecule is CCCN(CCC)Cc1cnc(-c2ncn3c2[C@@H]2CCCN2C(=O)c2c(Cl)cccc2-3)o1.Cl. The van der Waals surface area contributed by atoms with Crippen molar-refractivity contribution in [1.29, 1.82) is 0 Å². The van der Waals surface area contributed by atoms with Crippen molar-refractivity contribution in [3.05, 3.63) is 52.8 Å². The number of hydrogen-bond acceptors (Lipinski definition) is 5. The Labute approximate surface area is 205 Å². The van der Waals surface area contributed by atoms with Crippen molar-refractivity contribution < 1.29 is 9.21 Å². The maximum Gasteiger partial charge on any atom is 0.258 e. The van der Waals surface area contributed by atoms with Crippen LogP contribution in [0.15, 0.2) is 35.1 Å². The number of benzene rings is 1. The molecule has 5 rings (SSSR count). The number of aromatic nitrogens is 3. The highest BCUT2D eigenvalue weighted by atomic mass is 35.5. The molecule has 0 radical (unpaired) electrons. The molecule has 0 saturated carbocycles. The maximum absolute atomic E-state index is 13.4. The van der Waals surface area contributed by atoms with Crippen LogP contribution in [0, 0.1) is 0 Å². The van der Waals surface area contributed by atoms with Gasteiger partial charge in [-0.2, -0.15) is 0 Å². The average Bonchev–Trinajstić information content (AvgIpc) is 3.51. The van der Waals surface area contributed by atoms with Gasteiger partial charge in [-0.3, -0.25) is 14.3 Å². The fourth-order valence-corrected chi connectivity index (χ4v) is 5.26. The predicted molar refractivity (Wildman–Crippen MR) is 130 cm³/mol. The minimum Gasteiger partial charge on any atom is -0.438 e. The molecule has 2 aliphatic rings. The predicted octanol–water partition coefficient (Wildman–Crippen LogP) is 5.52. The van der Waals surface area contributed by atoms with E-state index in [-0.39, 0.29) is 24.4 Å². The van der Waals surface area contributed by atoms with Crippen LogP contribution in [0.2, 0.25) is 5.02 Å². The molecule has 33 heavy (non-hydrogen) atoms. The van der Waals surface area contributed by atoms with E-state index in [4.69, 9.17) is 21.0 Å². The molecule has 1 saturated heterocycles. The third kappa shape index (κ3) is 4.18. The Morgan fingerprint density at radius 3 is 2.76 bits per heavy atom. The number of halogens is 2. The number of oxazole rings is 1. The summed E-state index contributed by atoms with van der Waals surface area (Å²) < 4.78 is 8.18. The zero-order valence-electron chi connectivity index (χ0n) is 19.0. The Morgan fingerprint density at radius 2 is 2.00 bits per heavy atom. The minimum absolute atomic E-state index is 0. The number of amides is 1. The molecule has 1 fully saturated rings. The molecule has 7 nitrogen and oxygen atoms in total. The third-order valence-corrected chi connectivity index (χ3v) is 6.63. The molecule has 4 heterocycles. The van der Waals surface area contributed by atoms with Gasteiger partial charge in [0.15, 0.2) is 0 Å². The van der Waals surface area contributed by atoms with E-state index in [1.807, 2.05) is 21.6 Å². The van der Waals surface area contributed by atoms with Crippen LogP contribution in [0.25, 0.3) is 17.3 Å². The minimum atomic E-state index is -0.0736. The second-order valence-corrected chi connectivity index (χ2v) is 8.95. The summed E-state index contributed by atoms with van der Waals surface area (Å²) in [5.74, 6) is 1.32. The van der Waals surface area contributed by atoms with Crippen LogP contribution in [-0.4, -0.2) is 49.9 Å². The summed E-state index contributed by atoms with van der Waals surface area (Å²) >= 11 is 6.48. The summed E-state index contributed by atoms with van der Waals surface area (Å²) in [6.45, 7) is 7.87. The second kappa shape index (κ2) is 9.87. The highest BCUT2D eigenvalue weighted by molar-refractivity contribution is 6.34. The zero-order chi connectivity index (χ0) is 22.2. The molecule has 176 valence electrons. The van der Waals surface area contributed by atoms with Gasteiger partial charge in [-0.25, -0.2) is 9.97 Å². The van der Waals surface area contributed by atoms with Gasteiger partial charge in [0.1, 0.15) is 17.8 Å². The van der Waals surface area contributed by atoms with Crippen molar-refractivity contribution in [2.75, 3.05) is 19.6 Å². The molecule has 0 unspecified atom stereocenters. The first-order chi connectivity index (χ1) is 15.6. The number of imidazole rings is 1. The summed E-state index contributed by atoms with van der Waals surface area (Å²) in [7, 11) is 0. The second-order valence-electron chi connectivity index (χ2n) is 8.55. The Bertz CT molecular complexity index is 1140. The van der Waals surface area contributed by atoms with Crippen molar-refractivity contribution >= 4 is 29.9 Å². The van der Waals surface area contributed by atoms with Gasteiger partial charge < -0.3 is 9.32 Å². The van der Waals surface area contributed by atoms with Gasteiger partial charge in [-0.1, -0.05) is 31.5 Å². The number of rotatable bonds is 7. The quantitative estimate of drug-likeness (QED) is 0.437. The summed E-state index contributed by atoms with van der Waals surface area (Å²) in [4.78, 5) is 26.9. The van der Waals surface area contributed by atoms with Gasteiger partial charge in [0.2, 0.25) is 5.89 Å². The largest absolute Gasteiger partial charge is 0.438 e. The monoisotopic (exact) mass is 489 g/mol. The Hall–Kier alpha value is -2.35. The third-order valence-electron chi connectivity index (χ3n) is 6.31. The van der Waals surface area contributed by atoms with Gasteiger partial charge >= 0.3 is 0 Å². The first-order valence-corrected chi connectivity index (χ1v) is 11.8. The molecule has 1 amide bonds. The molecule has 0 bridgehead atoms. The number of carbonyl (C=O) groups is 1. The van der Waals surface area contributed by atoms with Crippen LogP contribution in [0.5, 0.6) is 0 Å². The molecule has 2 aliphatic heterocycles. The molecular weight excluding hydrogens is 461 g/mol. The standard InChI is InChI=1S/C24H28ClN5O2.ClH/c1-3-10-28(11-4-2)14-16-13-26-23(32-16)21-22-19-9-6-12-29(19)24(31)20-17(25)7-5-8-18(20)30(22)15-27-21;/h5,7-8,13,15,19H,3-4,6,9-12,14H2,1-2H3;1H/t19-;/m0./s1. The summed E-state index contributed by atoms with van der Waals surface area (Å²) in [5.41, 5.74) is 2.94. The zero-order valence-corrected chi connectivity index (χ0v) is 20.5. The van der Waals surface area contributed by atoms with Crippen molar-refractivity contribution in [3.8, 4) is 17.3 Å².